The lowest BCUT2D eigenvalue weighted by Gasteiger charge is -2.02. The molecule has 0 amide bonds. The maximum absolute atomic E-state index is 5.75. The van der Waals surface area contributed by atoms with Crippen LogP contribution in [0.5, 0.6) is 0 Å². The van der Waals surface area contributed by atoms with E-state index in [0.717, 1.165) is 12.1 Å². The zero-order chi connectivity index (χ0) is 10.4. The Balaban J connectivity index is 2.75. The van der Waals surface area contributed by atoms with E-state index in [1.54, 1.807) is 0 Å². The van der Waals surface area contributed by atoms with Crippen molar-refractivity contribution in [3.63, 3.8) is 0 Å². The van der Waals surface area contributed by atoms with Gasteiger partial charge in [0.25, 0.3) is 0 Å². The summed E-state index contributed by atoms with van der Waals surface area (Å²) in [4.78, 5) is 4.05. The van der Waals surface area contributed by atoms with Gasteiger partial charge in [-0.15, -0.1) is 0 Å². The van der Waals surface area contributed by atoms with E-state index in [4.69, 9.17) is 18.0 Å². The molecule has 1 rings (SSSR count). The monoisotopic (exact) mass is 207 g/mol. The summed E-state index contributed by atoms with van der Waals surface area (Å²) in [7, 11) is 0. The van der Waals surface area contributed by atoms with Crippen molar-refractivity contribution in [3.8, 4) is 0 Å². The normalized spacial score (nSPS) is 11.1. The van der Waals surface area contributed by atoms with Gasteiger partial charge in [0.15, 0.2) is 5.11 Å². The molecule has 1 aromatic carbocycles. The zero-order valence-corrected chi connectivity index (χ0v) is 8.84. The molecule has 1 aromatic rings. The van der Waals surface area contributed by atoms with E-state index in [1.807, 2.05) is 37.3 Å². The van der Waals surface area contributed by atoms with Crippen LogP contribution in [0.25, 0.3) is 0 Å². The maximum atomic E-state index is 5.75. The number of nitrogens with one attached hydrogen (secondary N) is 1. The number of thiocarbonyl (C=S) groups is 1. The first-order valence-corrected chi connectivity index (χ1v) is 4.82. The predicted octanol–water partition coefficient (Wildman–Crippen LogP) is 1.29. The van der Waals surface area contributed by atoms with Crippen LogP contribution in [0.2, 0.25) is 0 Å². The number of aliphatic imine (C=N–C) groups is 1. The summed E-state index contributed by atoms with van der Waals surface area (Å²) < 4.78 is 0. The Bertz CT molecular complexity index is 332. The van der Waals surface area contributed by atoms with E-state index < -0.39 is 0 Å². The lowest BCUT2D eigenvalue weighted by Crippen LogP contribution is -2.23. The van der Waals surface area contributed by atoms with Gasteiger partial charge in [-0.3, -0.25) is 0 Å². The second-order valence-electron chi connectivity index (χ2n) is 2.70. The molecule has 0 atom stereocenters. The van der Waals surface area contributed by atoms with Crippen LogP contribution in [-0.2, 0) is 0 Å². The quantitative estimate of drug-likeness (QED) is 0.436. The summed E-state index contributed by atoms with van der Waals surface area (Å²) >= 11 is 4.95. The van der Waals surface area contributed by atoms with Crippen LogP contribution in [0.1, 0.15) is 12.5 Å². The summed E-state index contributed by atoms with van der Waals surface area (Å²) in [6, 6.07) is 9.54. The van der Waals surface area contributed by atoms with E-state index in [-0.39, 0.29) is 0 Å². The van der Waals surface area contributed by atoms with Gasteiger partial charge in [-0.2, -0.15) is 0 Å². The third kappa shape index (κ3) is 3.14. The van der Waals surface area contributed by atoms with Gasteiger partial charge in [0.2, 0.25) is 0 Å². The molecule has 0 saturated heterocycles. The fourth-order valence-corrected chi connectivity index (χ4v) is 1.22. The summed E-state index contributed by atoms with van der Waals surface area (Å²) in [5.41, 5.74) is 6.63. The standard InChI is InChI=1S/C10H13N3S/c1-2-12-10(14)13-9(11)8-6-4-3-5-7-8/h3-7H,2H2,1H3,(H3,11,12,13,14). The predicted molar refractivity (Wildman–Crippen MR) is 63.4 cm³/mol. The van der Waals surface area contributed by atoms with Crippen LogP contribution in [0.4, 0.5) is 0 Å². The van der Waals surface area contributed by atoms with Crippen LogP contribution >= 0.6 is 12.2 Å². The molecule has 0 heterocycles. The Labute approximate surface area is 89.0 Å². The lowest BCUT2D eigenvalue weighted by molar-refractivity contribution is 0.972. The smallest absolute Gasteiger partial charge is 0.194 e. The average molecular weight is 207 g/mol. The van der Waals surface area contributed by atoms with Crippen molar-refractivity contribution in [2.45, 2.75) is 6.92 Å². The topological polar surface area (TPSA) is 50.4 Å². The summed E-state index contributed by atoms with van der Waals surface area (Å²) in [5, 5.41) is 3.33. The Kier molecular flexibility index (Phi) is 4.07. The molecule has 3 N–H and O–H groups in total. The number of nitrogens with zero attached hydrogens (tertiary/aromatic N) is 1. The van der Waals surface area contributed by atoms with Crippen molar-refractivity contribution in [2.24, 2.45) is 10.7 Å². The second-order valence-corrected chi connectivity index (χ2v) is 3.09. The van der Waals surface area contributed by atoms with Gasteiger partial charge in [0.1, 0.15) is 5.84 Å². The molecule has 74 valence electrons. The minimum absolute atomic E-state index is 0.425. The molecule has 14 heavy (non-hydrogen) atoms. The molecule has 0 spiro atoms. The third-order valence-corrected chi connectivity index (χ3v) is 1.86. The van der Waals surface area contributed by atoms with E-state index >= 15 is 0 Å². The van der Waals surface area contributed by atoms with Crippen molar-refractivity contribution in [3.05, 3.63) is 35.9 Å². The molecule has 3 nitrogen and oxygen atoms in total. The molecule has 4 heteroatoms. The van der Waals surface area contributed by atoms with Crippen LogP contribution in [0.15, 0.2) is 35.3 Å². The molecule has 0 aliphatic heterocycles. The number of hydrogen-bond acceptors (Lipinski definition) is 1. The van der Waals surface area contributed by atoms with Crippen molar-refractivity contribution >= 4 is 23.2 Å². The summed E-state index contributed by atoms with van der Waals surface area (Å²) in [6.45, 7) is 2.71. The van der Waals surface area contributed by atoms with Crippen LogP contribution in [0.3, 0.4) is 0 Å². The van der Waals surface area contributed by atoms with Gasteiger partial charge in [0, 0.05) is 12.1 Å². The molecule has 0 unspecified atom stereocenters. The minimum atomic E-state index is 0.425. The van der Waals surface area contributed by atoms with Crippen molar-refractivity contribution in [1.82, 2.24) is 5.32 Å². The Morgan fingerprint density at radius 1 is 1.43 bits per heavy atom. The molecule has 0 saturated carbocycles. The van der Waals surface area contributed by atoms with Crippen molar-refractivity contribution in [1.29, 1.82) is 0 Å². The van der Waals surface area contributed by atoms with Crippen molar-refractivity contribution in [2.75, 3.05) is 6.54 Å². The van der Waals surface area contributed by atoms with Gasteiger partial charge in [-0.1, -0.05) is 30.3 Å². The summed E-state index contributed by atoms with van der Waals surface area (Å²) in [6.07, 6.45) is 0. The van der Waals surface area contributed by atoms with E-state index in [0.29, 0.717) is 10.9 Å². The van der Waals surface area contributed by atoms with Crippen molar-refractivity contribution < 1.29 is 0 Å². The SMILES string of the molecule is CCNC(=S)/N=C(\N)c1ccccc1. The van der Waals surface area contributed by atoms with E-state index in [9.17, 15) is 0 Å². The summed E-state index contributed by atoms with van der Waals surface area (Å²) in [5.74, 6) is 0.441. The highest BCUT2D eigenvalue weighted by Gasteiger charge is 1.97. The second kappa shape index (κ2) is 5.34. The fraction of sp³-hybridized carbons (Fsp3) is 0.200. The Hall–Kier alpha value is -1.42. The van der Waals surface area contributed by atoms with Gasteiger partial charge < -0.3 is 11.1 Å². The molecular weight excluding hydrogens is 194 g/mol. The average Bonchev–Trinajstić information content (AvgIpc) is 2.19. The van der Waals surface area contributed by atoms with Crippen LogP contribution in [-0.4, -0.2) is 17.5 Å². The first-order valence-electron chi connectivity index (χ1n) is 4.41. The third-order valence-electron chi connectivity index (χ3n) is 1.62. The van der Waals surface area contributed by atoms with Crippen LogP contribution in [0, 0.1) is 0 Å². The first kappa shape index (κ1) is 10.7. The van der Waals surface area contributed by atoms with Crippen LogP contribution < -0.4 is 11.1 Å². The fourth-order valence-electron chi connectivity index (χ4n) is 0.974. The molecule has 0 aliphatic carbocycles. The highest BCUT2D eigenvalue weighted by atomic mass is 32.1. The van der Waals surface area contributed by atoms with Gasteiger partial charge in [-0.05, 0) is 19.1 Å². The number of hydrogen-bond donors (Lipinski definition) is 2. The maximum Gasteiger partial charge on any atom is 0.194 e. The minimum Gasteiger partial charge on any atom is -0.383 e. The number of nitrogens with two attached hydrogens (primary N) is 1. The number of amidine groups is 1. The van der Waals surface area contributed by atoms with Gasteiger partial charge in [-0.25, -0.2) is 4.99 Å². The number of benzene rings is 1. The molecule has 0 bridgehead atoms. The van der Waals surface area contributed by atoms with Gasteiger partial charge in [0.05, 0.1) is 0 Å². The van der Waals surface area contributed by atoms with E-state index in [2.05, 4.69) is 10.3 Å². The molecular formula is C10H13N3S. The Morgan fingerprint density at radius 3 is 2.64 bits per heavy atom. The first-order chi connectivity index (χ1) is 6.74. The highest BCUT2D eigenvalue weighted by Crippen LogP contribution is 1.97. The lowest BCUT2D eigenvalue weighted by atomic mass is 10.2. The molecule has 0 fully saturated rings. The Morgan fingerprint density at radius 2 is 2.07 bits per heavy atom. The van der Waals surface area contributed by atoms with E-state index in [1.165, 1.54) is 0 Å². The number of rotatable bonds is 2. The molecule has 0 radical (unpaired) electrons. The highest BCUT2D eigenvalue weighted by molar-refractivity contribution is 7.80. The molecule has 0 aromatic heterocycles. The zero-order valence-electron chi connectivity index (χ0n) is 8.03. The molecule has 0 aliphatic rings. The largest absolute Gasteiger partial charge is 0.383 e. The van der Waals surface area contributed by atoms with Gasteiger partial charge >= 0.3 is 0 Å².